The highest BCUT2D eigenvalue weighted by molar-refractivity contribution is 5.94. The summed E-state index contributed by atoms with van der Waals surface area (Å²) in [4.78, 5) is 25.5. The molecule has 0 saturated heterocycles. The summed E-state index contributed by atoms with van der Waals surface area (Å²) in [7, 11) is 1.56. The molecule has 0 bridgehead atoms. The Labute approximate surface area is 146 Å². The Hall–Kier alpha value is -3.02. The van der Waals surface area contributed by atoms with Crippen LogP contribution in [0.2, 0.25) is 0 Å². The van der Waals surface area contributed by atoms with E-state index in [1.807, 2.05) is 30.3 Å². The number of amides is 3. The lowest BCUT2D eigenvalue weighted by atomic mass is 10.1. The zero-order chi connectivity index (χ0) is 17.8. The number of carbonyl (C=O) groups excluding carboxylic acids is 2. The second-order valence-electron chi connectivity index (χ2n) is 5.89. The Morgan fingerprint density at radius 2 is 2.00 bits per heavy atom. The second kappa shape index (κ2) is 7.25. The molecule has 2 N–H and O–H groups in total. The molecule has 1 heterocycles. The molecule has 1 aliphatic heterocycles. The molecule has 2 aromatic carbocycles. The van der Waals surface area contributed by atoms with Crippen LogP contribution >= 0.6 is 0 Å². The molecule has 0 radical (unpaired) electrons. The monoisotopic (exact) mass is 339 g/mol. The van der Waals surface area contributed by atoms with Gasteiger partial charge >= 0.3 is 6.03 Å². The molecule has 6 heteroatoms. The summed E-state index contributed by atoms with van der Waals surface area (Å²) in [5.74, 6) is 0.667. The molecule has 0 fully saturated rings. The molecule has 6 nitrogen and oxygen atoms in total. The predicted octanol–water partition coefficient (Wildman–Crippen LogP) is 2.93. The van der Waals surface area contributed by atoms with Gasteiger partial charge in [0.05, 0.1) is 12.8 Å². The molecule has 3 amide bonds. The van der Waals surface area contributed by atoms with Crippen molar-refractivity contribution in [3.63, 3.8) is 0 Å². The van der Waals surface area contributed by atoms with Crippen molar-refractivity contribution in [2.24, 2.45) is 0 Å². The number of nitrogens with one attached hydrogen (secondary N) is 2. The molecule has 0 spiro atoms. The molecule has 0 aliphatic carbocycles. The Kier molecular flexibility index (Phi) is 4.88. The summed E-state index contributed by atoms with van der Waals surface area (Å²) >= 11 is 0. The lowest BCUT2D eigenvalue weighted by Gasteiger charge is -2.15. The molecule has 2 aromatic rings. The molecule has 0 saturated carbocycles. The summed E-state index contributed by atoms with van der Waals surface area (Å²) in [6.45, 7) is 2.71. The fraction of sp³-hybridized carbons (Fsp3) is 0.263. The number of para-hydroxylation sites is 2. The van der Waals surface area contributed by atoms with Gasteiger partial charge in [0.1, 0.15) is 5.75 Å². The van der Waals surface area contributed by atoms with Crippen molar-refractivity contribution in [3.05, 3.63) is 53.6 Å². The fourth-order valence-electron chi connectivity index (χ4n) is 2.99. The smallest absolute Gasteiger partial charge is 0.319 e. The van der Waals surface area contributed by atoms with Gasteiger partial charge in [0.2, 0.25) is 5.91 Å². The van der Waals surface area contributed by atoms with Crippen molar-refractivity contribution in [1.82, 2.24) is 5.32 Å². The quantitative estimate of drug-likeness (QED) is 0.900. The van der Waals surface area contributed by atoms with E-state index in [-0.39, 0.29) is 11.9 Å². The Bertz CT molecular complexity index is 804. The van der Waals surface area contributed by atoms with E-state index in [9.17, 15) is 9.59 Å². The van der Waals surface area contributed by atoms with E-state index in [1.165, 1.54) is 0 Å². The average Bonchev–Trinajstić information content (AvgIpc) is 3.04. The number of benzene rings is 2. The molecule has 3 rings (SSSR count). The molecule has 25 heavy (non-hydrogen) atoms. The normalized spacial score (nSPS) is 12.5. The second-order valence-corrected chi connectivity index (χ2v) is 5.89. The van der Waals surface area contributed by atoms with Crippen LogP contribution in [0, 0.1) is 0 Å². The van der Waals surface area contributed by atoms with Crippen LogP contribution < -0.4 is 20.3 Å². The zero-order valence-electron chi connectivity index (χ0n) is 14.3. The minimum Gasteiger partial charge on any atom is -0.495 e. The highest BCUT2D eigenvalue weighted by Gasteiger charge is 2.22. The van der Waals surface area contributed by atoms with Crippen molar-refractivity contribution in [1.29, 1.82) is 0 Å². The van der Waals surface area contributed by atoms with Crippen molar-refractivity contribution in [2.75, 3.05) is 23.9 Å². The average molecular weight is 339 g/mol. The van der Waals surface area contributed by atoms with Gasteiger partial charge in [0, 0.05) is 25.7 Å². The third-order valence-electron chi connectivity index (χ3n) is 4.23. The number of fused-ring (bicyclic) bond motifs is 1. The van der Waals surface area contributed by atoms with Crippen LogP contribution in [0.15, 0.2) is 42.5 Å². The van der Waals surface area contributed by atoms with Crippen LogP contribution in [-0.2, 0) is 17.8 Å². The van der Waals surface area contributed by atoms with Gasteiger partial charge in [-0.15, -0.1) is 0 Å². The number of rotatable bonds is 4. The third-order valence-corrected chi connectivity index (χ3v) is 4.23. The number of carbonyl (C=O) groups is 2. The summed E-state index contributed by atoms with van der Waals surface area (Å²) in [6.07, 6.45) is 0.843. The number of hydrogen-bond donors (Lipinski definition) is 2. The summed E-state index contributed by atoms with van der Waals surface area (Å²) in [6, 6.07) is 12.9. The van der Waals surface area contributed by atoms with Gasteiger partial charge in [-0.3, -0.25) is 4.79 Å². The predicted molar refractivity (Wildman–Crippen MR) is 97.0 cm³/mol. The van der Waals surface area contributed by atoms with Gasteiger partial charge in [-0.1, -0.05) is 24.3 Å². The highest BCUT2D eigenvalue weighted by Crippen LogP contribution is 2.29. The van der Waals surface area contributed by atoms with Gasteiger partial charge < -0.3 is 20.3 Å². The molecule has 0 aromatic heterocycles. The van der Waals surface area contributed by atoms with Crippen LogP contribution in [0.4, 0.5) is 16.2 Å². The first kappa shape index (κ1) is 16.8. The molecule has 0 atom stereocenters. The van der Waals surface area contributed by atoms with Crippen molar-refractivity contribution >= 4 is 23.3 Å². The summed E-state index contributed by atoms with van der Waals surface area (Å²) in [5, 5.41) is 5.62. The van der Waals surface area contributed by atoms with Gasteiger partial charge in [-0.2, -0.15) is 0 Å². The SMILES string of the molecule is COc1ccccc1NC(=O)NCc1ccc2c(c1)CCN2C(C)=O. The highest BCUT2D eigenvalue weighted by atomic mass is 16.5. The number of methoxy groups -OCH3 is 1. The van der Waals surface area contributed by atoms with E-state index in [0.717, 1.165) is 29.8 Å². The van der Waals surface area contributed by atoms with Crippen LogP contribution in [0.3, 0.4) is 0 Å². The lowest BCUT2D eigenvalue weighted by Crippen LogP contribution is -2.28. The molecule has 0 unspecified atom stereocenters. The Morgan fingerprint density at radius 3 is 2.76 bits per heavy atom. The van der Waals surface area contributed by atoms with E-state index in [0.29, 0.717) is 18.0 Å². The van der Waals surface area contributed by atoms with E-state index in [1.54, 1.807) is 31.1 Å². The maximum absolute atomic E-state index is 12.1. The first-order valence-electron chi connectivity index (χ1n) is 8.16. The minimum absolute atomic E-state index is 0.0563. The van der Waals surface area contributed by atoms with Crippen LogP contribution in [-0.4, -0.2) is 25.6 Å². The topological polar surface area (TPSA) is 70.7 Å². The van der Waals surface area contributed by atoms with Crippen LogP contribution in [0.5, 0.6) is 5.75 Å². The van der Waals surface area contributed by atoms with E-state index in [4.69, 9.17) is 4.74 Å². The van der Waals surface area contributed by atoms with E-state index < -0.39 is 0 Å². The first-order valence-corrected chi connectivity index (χ1v) is 8.16. The van der Waals surface area contributed by atoms with Gasteiger partial charge in [0.25, 0.3) is 0 Å². The largest absolute Gasteiger partial charge is 0.495 e. The summed E-state index contributed by atoms with van der Waals surface area (Å²) in [5.41, 5.74) is 3.72. The maximum Gasteiger partial charge on any atom is 0.319 e. The fourth-order valence-corrected chi connectivity index (χ4v) is 2.99. The maximum atomic E-state index is 12.1. The number of anilines is 2. The van der Waals surface area contributed by atoms with Gasteiger partial charge in [-0.25, -0.2) is 4.79 Å². The molecule has 130 valence electrons. The number of ether oxygens (including phenoxy) is 1. The Morgan fingerprint density at radius 1 is 1.20 bits per heavy atom. The van der Waals surface area contributed by atoms with Crippen molar-refractivity contribution in [3.8, 4) is 5.75 Å². The zero-order valence-corrected chi connectivity index (χ0v) is 14.3. The standard InChI is InChI=1S/C19H21N3O3/c1-13(23)22-10-9-15-11-14(7-8-17(15)22)12-20-19(24)21-16-5-3-4-6-18(16)25-2/h3-8,11H,9-10,12H2,1-2H3,(H2,20,21,24). The Balaban J connectivity index is 1.61. The third kappa shape index (κ3) is 3.74. The molecular weight excluding hydrogens is 318 g/mol. The number of urea groups is 1. The van der Waals surface area contributed by atoms with Crippen LogP contribution in [0.25, 0.3) is 0 Å². The van der Waals surface area contributed by atoms with Crippen LogP contribution in [0.1, 0.15) is 18.1 Å². The summed E-state index contributed by atoms with van der Waals surface area (Å²) < 4.78 is 5.21. The first-order chi connectivity index (χ1) is 12.1. The van der Waals surface area contributed by atoms with Crippen molar-refractivity contribution in [2.45, 2.75) is 19.9 Å². The van der Waals surface area contributed by atoms with Crippen molar-refractivity contribution < 1.29 is 14.3 Å². The van der Waals surface area contributed by atoms with Gasteiger partial charge in [-0.05, 0) is 35.7 Å². The van der Waals surface area contributed by atoms with Gasteiger partial charge in [0.15, 0.2) is 0 Å². The lowest BCUT2D eigenvalue weighted by molar-refractivity contribution is -0.116. The van der Waals surface area contributed by atoms with E-state index in [2.05, 4.69) is 10.6 Å². The number of hydrogen-bond acceptors (Lipinski definition) is 3. The molecular formula is C19H21N3O3. The molecule has 1 aliphatic rings. The number of nitrogens with zero attached hydrogens (tertiary/aromatic N) is 1. The minimum atomic E-state index is -0.296. The van der Waals surface area contributed by atoms with E-state index >= 15 is 0 Å².